The average Bonchev–Trinajstić information content (AvgIpc) is 3.30. The van der Waals surface area contributed by atoms with E-state index in [4.69, 9.17) is 14.5 Å². The highest BCUT2D eigenvalue weighted by atomic mass is 127. The van der Waals surface area contributed by atoms with Crippen LogP contribution in [0.4, 0.5) is 0 Å². The first-order valence-corrected chi connectivity index (χ1v) is 16.8. The fourth-order valence-corrected chi connectivity index (χ4v) is 8.32. The average molecular weight is 820 g/mol. The number of para-hydroxylation sites is 1. The van der Waals surface area contributed by atoms with Gasteiger partial charge in [0.1, 0.15) is 24.1 Å². The lowest BCUT2D eigenvalue weighted by Gasteiger charge is -2.29. The third-order valence-corrected chi connectivity index (χ3v) is 9.87. The minimum absolute atomic E-state index is 0.133. The van der Waals surface area contributed by atoms with Crippen molar-refractivity contribution in [2.75, 3.05) is 20.2 Å². The lowest BCUT2D eigenvalue weighted by Crippen LogP contribution is -2.43. The topological polar surface area (TPSA) is 73.1 Å². The Morgan fingerprint density at radius 1 is 1.05 bits per heavy atom. The maximum absolute atomic E-state index is 14.1. The number of amides is 1. The number of likely N-dealkylation sites (N-methyl/N-ethyl adjacent to an activating group) is 1. The van der Waals surface area contributed by atoms with Crippen molar-refractivity contribution in [3.8, 4) is 11.5 Å². The molecule has 0 saturated heterocycles. The van der Waals surface area contributed by atoms with E-state index in [1.807, 2.05) is 93.6 Å². The van der Waals surface area contributed by atoms with E-state index < -0.39 is 6.04 Å². The molecule has 7 nitrogen and oxygen atoms in total. The summed E-state index contributed by atoms with van der Waals surface area (Å²) < 4.78 is 15.9. The molecule has 1 aliphatic heterocycles. The number of rotatable bonds is 9. The van der Waals surface area contributed by atoms with E-state index in [0.717, 1.165) is 29.6 Å². The minimum atomic E-state index is -0.670. The van der Waals surface area contributed by atoms with Crippen LogP contribution in [0.1, 0.15) is 43.5 Å². The van der Waals surface area contributed by atoms with Crippen molar-refractivity contribution in [2.45, 2.75) is 33.4 Å². The van der Waals surface area contributed by atoms with Gasteiger partial charge in [-0.3, -0.25) is 14.2 Å². The largest absolute Gasteiger partial charge is 0.496 e. The van der Waals surface area contributed by atoms with Crippen LogP contribution in [0.3, 0.4) is 0 Å². The van der Waals surface area contributed by atoms with Crippen molar-refractivity contribution in [2.24, 2.45) is 4.99 Å². The van der Waals surface area contributed by atoms with Crippen LogP contribution in [0.15, 0.2) is 87.8 Å². The second kappa shape index (κ2) is 13.8. The molecular formula is C33H31I2N3O4S. The maximum Gasteiger partial charge on any atom is 0.271 e. The van der Waals surface area contributed by atoms with Crippen LogP contribution in [0.2, 0.25) is 0 Å². The minimum Gasteiger partial charge on any atom is -0.496 e. The molecule has 0 aliphatic carbocycles. The van der Waals surface area contributed by atoms with Gasteiger partial charge in [-0.15, -0.1) is 0 Å². The summed E-state index contributed by atoms with van der Waals surface area (Å²) in [7, 11) is 1.60. The van der Waals surface area contributed by atoms with Crippen LogP contribution in [0.5, 0.6) is 11.5 Å². The Hall–Kier alpha value is -2.97. The van der Waals surface area contributed by atoms with Crippen molar-refractivity contribution in [1.82, 2.24) is 9.47 Å². The Balaban J connectivity index is 1.61. The molecule has 0 N–H and O–H groups in total. The van der Waals surface area contributed by atoms with Crippen molar-refractivity contribution < 1.29 is 14.3 Å². The van der Waals surface area contributed by atoms with Gasteiger partial charge in [-0.25, -0.2) is 4.99 Å². The number of hydrogen-bond donors (Lipinski definition) is 0. The Bertz CT molecular complexity index is 1850. The highest BCUT2D eigenvalue weighted by Crippen LogP contribution is 2.36. The first-order valence-electron chi connectivity index (χ1n) is 13.9. The van der Waals surface area contributed by atoms with Crippen LogP contribution in [-0.2, 0) is 11.4 Å². The fraction of sp³-hybridized carbons (Fsp3) is 0.242. The molecule has 10 heteroatoms. The van der Waals surface area contributed by atoms with Gasteiger partial charge in [0, 0.05) is 18.7 Å². The van der Waals surface area contributed by atoms with Gasteiger partial charge in [0.05, 0.1) is 30.1 Å². The van der Waals surface area contributed by atoms with Crippen molar-refractivity contribution in [3.63, 3.8) is 0 Å². The first kappa shape index (κ1) is 31.5. The lowest BCUT2D eigenvalue weighted by atomic mass is 9.94. The van der Waals surface area contributed by atoms with Crippen molar-refractivity contribution in [1.29, 1.82) is 0 Å². The van der Waals surface area contributed by atoms with Gasteiger partial charge in [-0.1, -0.05) is 59.9 Å². The van der Waals surface area contributed by atoms with E-state index in [1.165, 1.54) is 11.3 Å². The molecule has 1 atom stereocenters. The zero-order chi connectivity index (χ0) is 30.7. The zero-order valence-corrected chi connectivity index (χ0v) is 29.4. The number of thiazole rings is 1. The lowest BCUT2D eigenvalue weighted by molar-refractivity contribution is -0.127. The second-order valence-corrected chi connectivity index (χ2v) is 13.2. The Kier molecular flexibility index (Phi) is 10.1. The molecule has 0 radical (unpaired) electrons. The van der Waals surface area contributed by atoms with Gasteiger partial charge in [0.15, 0.2) is 4.80 Å². The Morgan fingerprint density at radius 3 is 2.35 bits per heavy atom. The van der Waals surface area contributed by atoms with Gasteiger partial charge in [-0.2, -0.15) is 0 Å². The standard InChI is InChI=1S/C33H31I2N3O4S/c1-5-37(6-2)32(40)28-20(3)36-33-38(29(28)23-14-10-11-15-26(23)41-4)31(39)27(43-33)18-22-16-24(34)30(25(35)17-22)42-19-21-12-8-7-9-13-21/h7-18,29H,5-6,19H2,1-4H3/b27-18+/t29-/m1/s1. The zero-order valence-electron chi connectivity index (χ0n) is 24.3. The van der Waals surface area contributed by atoms with Gasteiger partial charge >= 0.3 is 0 Å². The van der Waals surface area contributed by atoms with E-state index in [9.17, 15) is 9.59 Å². The van der Waals surface area contributed by atoms with Crippen LogP contribution in [0.25, 0.3) is 6.08 Å². The van der Waals surface area contributed by atoms with E-state index in [-0.39, 0.29) is 11.5 Å². The molecule has 1 aromatic heterocycles. The predicted octanol–water partition coefficient (Wildman–Crippen LogP) is 5.90. The van der Waals surface area contributed by atoms with Gasteiger partial charge in [0.25, 0.3) is 11.5 Å². The number of ether oxygens (including phenoxy) is 2. The molecule has 4 aromatic rings. The number of hydrogen-bond acceptors (Lipinski definition) is 6. The number of carbonyl (C=O) groups is 1. The molecule has 2 heterocycles. The number of carbonyl (C=O) groups excluding carboxylic acids is 1. The summed E-state index contributed by atoms with van der Waals surface area (Å²) in [6.45, 7) is 7.32. The number of methoxy groups -OCH3 is 1. The second-order valence-electron chi connectivity index (χ2n) is 9.89. The monoisotopic (exact) mass is 819 g/mol. The molecule has 1 amide bonds. The third-order valence-electron chi connectivity index (χ3n) is 7.28. The normalized spacial score (nSPS) is 14.7. The quantitative estimate of drug-likeness (QED) is 0.198. The summed E-state index contributed by atoms with van der Waals surface area (Å²) in [4.78, 5) is 35.1. The molecule has 0 spiro atoms. The van der Waals surface area contributed by atoms with E-state index >= 15 is 0 Å². The van der Waals surface area contributed by atoms with E-state index in [1.54, 1.807) is 16.6 Å². The molecule has 0 unspecified atom stereocenters. The smallest absolute Gasteiger partial charge is 0.271 e. The first-order chi connectivity index (χ1) is 20.8. The molecule has 0 fully saturated rings. The van der Waals surface area contributed by atoms with Gasteiger partial charge < -0.3 is 14.4 Å². The summed E-state index contributed by atoms with van der Waals surface area (Å²) in [5.74, 6) is 1.29. The molecule has 1 aliphatic rings. The third kappa shape index (κ3) is 6.46. The van der Waals surface area contributed by atoms with E-state index in [2.05, 4.69) is 45.2 Å². The molecular weight excluding hydrogens is 788 g/mol. The summed E-state index contributed by atoms with van der Waals surface area (Å²) >= 11 is 5.87. The Morgan fingerprint density at radius 2 is 1.70 bits per heavy atom. The number of aromatic nitrogens is 1. The molecule has 3 aromatic carbocycles. The number of nitrogens with zero attached hydrogens (tertiary/aromatic N) is 3. The molecule has 0 bridgehead atoms. The van der Waals surface area contributed by atoms with E-state index in [0.29, 0.717) is 46.0 Å². The van der Waals surface area contributed by atoms with Gasteiger partial charge in [-0.05, 0) is 101 Å². The Labute approximate surface area is 281 Å². The van der Waals surface area contributed by atoms with Crippen LogP contribution in [-0.4, -0.2) is 35.6 Å². The predicted molar refractivity (Wildman–Crippen MR) is 187 cm³/mol. The summed E-state index contributed by atoms with van der Waals surface area (Å²) in [6, 6.07) is 20.9. The summed E-state index contributed by atoms with van der Waals surface area (Å²) in [5.41, 5.74) is 3.60. The highest BCUT2D eigenvalue weighted by Gasteiger charge is 2.35. The van der Waals surface area contributed by atoms with Crippen molar-refractivity contribution >= 4 is 68.5 Å². The molecule has 5 rings (SSSR count). The number of allylic oxidation sites excluding steroid dienone is 1. The maximum atomic E-state index is 14.1. The van der Waals surface area contributed by atoms with Crippen LogP contribution >= 0.6 is 56.5 Å². The summed E-state index contributed by atoms with van der Waals surface area (Å²) in [5, 5.41) is 0. The number of benzene rings is 3. The SMILES string of the molecule is CCN(CC)C(=O)C1=C(C)N=c2s/c(=C/c3cc(I)c(OCc4ccccc4)c(I)c3)c(=O)n2[C@@H]1c1ccccc1OC. The van der Waals surface area contributed by atoms with Crippen LogP contribution in [0, 0.1) is 7.14 Å². The molecule has 0 saturated carbocycles. The van der Waals surface area contributed by atoms with Gasteiger partial charge in [0.2, 0.25) is 0 Å². The summed E-state index contributed by atoms with van der Waals surface area (Å²) in [6.07, 6.45) is 1.89. The number of halogens is 2. The molecule has 222 valence electrons. The number of fused-ring (bicyclic) bond motifs is 1. The molecule has 43 heavy (non-hydrogen) atoms. The van der Waals surface area contributed by atoms with Crippen LogP contribution < -0.4 is 24.4 Å². The van der Waals surface area contributed by atoms with Crippen molar-refractivity contribution in [3.05, 3.63) is 122 Å². The fourth-order valence-electron chi connectivity index (χ4n) is 5.14. The highest BCUT2D eigenvalue weighted by molar-refractivity contribution is 14.1.